The first-order chi connectivity index (χ1) is 12.3. The number of benzene rings is 2. The summed E-state index contributed by atoms with van der Waals surface area (Å²) in [7, 11) is 0. The van der Waals surface area contributed by atoms with Gasteiger partial charge in [-0.15, -0.1) is 10.2 Å². The fourth-order valence-corrected chi connectivity index (χ4v) is 3.15. The molecular weight excluding hydrogens is 337 g/mol. The monoisotopic (exact) mass is 351 g/mol. The molecule has 2 aromatic carbocycles. The summed E-state index contributed by atoms with van der Waals surface area (Å²) in [6.45, 7) is 0.375. The van der Waals surface area contributed by atoms with Gasteiger partial charge >= 0.3 is 0 Å². The van der Waals surface area contributed by atoms with Gasteiger partial charge in [-0.1, -0.05) is 59.9 Å². The van der Waals surface area contributed by atoms with Gasteiger partial charge in [-0.3, -0.25) is 4.68 Å². The SMILES string of the molecule is Fc1ccccc1Cn1ccc(Nc2nnc(-c3ccccc3)s2)n1. The Bertz CT molecular complexity index is 980. The number of rotatable bonds is 5. The minimum atomic E-state index is -0.232. The maximum Gasteiger partial charge on any atom is 0.211 e. The molecular formula is C18H14FN5S. The molecule has 0 spiro atoms. The van der Waals surface area contributed by atoms with Crippen LogP contribution in [0, 0.1) is 5.82 Å². The largest absolute Gasteiger partial charge is 0.313 e. The van der Waals surface area contributed by atoms with Crippen LogP contribution in [0.4, 0.5) is 15.3 Å². The third-order valence-electron chi connectivity index (χ3n) is 3.61. The lowest BCUT2D eigenvalue weighted by atomic mass is 10.2. The highest BCUT2D eigenvalue weighted by molar-refractivity contribution is 7.18. The van der Waals surface area contributed by atoms with Crippen molar-refractivity contribution in [1.82, 2.24) is 20.0 Å². The molecule has 0 unspecified atom stereocenters. The van der Waals surface area contributed by atoms with Crippen LogP contribution in [0.1, 0.15) is 5.56 Å². The number of aromatic nitrogens is 4. The second-order valence-electron chi connectivity index (χ2n) is 5.39. The average Bonchev–Trinajstić information content (AvgIpc) is 3.28. The first-order valence-corrected chi connectivity index (χ1v) is 8.52. The number of anilines is 2. The summed E-state index contributed by atoms with van der Waals surface area (Å²) < 4.78 is 15.4. The van der Waals surface area contributed by atoms with Crippen molar-refractivity contribution in [2.75, 3.05) is 5.32 Å². The molecule has 2 heterocycles. The molecule has 0 aliphatic rings. The number of nitrogens with zero attached hydrogens (tertiary/aromatic N) is 4. The fraction of sp³-hybridized carbons (Fsp3) is 0.0556. The molecule has 5 nitrogen and oxygen atoms in total. The highest BCUT2D eigenvalue weighted by atomic mass is 32.1. The molecule has 0 radical (unpaired) electrons. The van der Waals surface area contributed by atoms with Crippen molar-refractivity contribution >= 4 is 22.3 Å². The predicted octanol–water partition coefficient (Wildman–Crippen LogP) is 4.33. The second kappa shape index (κ2) is 6.82. The fourth-order valence-electron chi connectivity index (χ4n) is 2.40. The van der Waals surface area contributed by atoms with Gasteiger partial charge in [0.15, 0.2) is 5.82 Å². The molecule has 2 aromatic heterocycles. The Morgan fingerprint density at radius 1 is 0.960 bits per heavy atom. The lowest BCUT2D eigenvalue weighted by Crippen LogP contribution is -2.03. The maximum atomic E-state index is 13.7. The second-order valence-corrected chi connectivity index (χ2v) is 6.37. The molecule has 0 aliphatic heterocycles. The molecule has 4 aromatic rings. The number of halogens is 1. The Morgan fingerprint density at radius 3 is 2.60 bits per heavy atom. The van der Waals surface area contributed by atoms with Gasteiger partial charge in [0, 0.05) is 23.4 Å². The van der Waals surface area contributed by atoms with Crippen molar-refractivity contribution in [3.05, 3.63) is 78.2 Å². The molecule has 25 heavy (non-hydrogen) atoms. The van der Waals surface area contributed by atoms with Crippen molar-refractivity contribution in [2.24, 2.45) is 0 Å². The first-order valence-electron chi connectivity index (χ1n) is 7.71. The van der Waals surface area contributed by atoms with Crippen molar-refractivity contribution in [3.8, 4) is 10.6 Å². The molecule has 0 fully saturated rings. The molecule has 124 valence electrons. The highest BCUT2D eigenvalue weighted by Crippen LogP contribution is 2.27. The van der Waals surface area contributed by atoms with Gasteiger partial charge in [0.2, 0.25) is 5.13 Å². The summed E-state index contributed by atoms with van der Waals surface area (Å²) in [6.07, 6.45) is 1.80. The summed E-state index contributed by atoms with van der Waals surface area (Å²) >= 11 is 1.45. The van der Waals surface area contributed by atoms with E-state index in [1.807, 2.05) is 42.5 Å². The maximum absolute atomic E-state index is 13.7. The molecule has 4 rings (SSSR count). The van der Waals surface area contributed by atoms with E-state index in [4.69, 9.17) is 0 Å². The molecule has 0 saturated carbocycles. The zero-order valence-electron chi connectivity index (χ0n) is 13.1. The number of nitrogens with one attached hydrogen (secondary N) is 1. The third-order valence-corrected chi connectivity index (χ3v) is 4.50. The Kier molecular flexibility index (Phi) is 4.22. The van der Waals surface area contributed by atoms with Crippen molar-refractivity contribution in [1.29, 1.82) is 0 Å². The summed E-state index contributed by atoms with van der Waals surface area (Å²) in [5.41, 5.74) is 1.62. The molecule has 0 amide bonds. The standard InChI is InChI=1S/C18H14FN5S/c19-15-9-5-4-8-14(15)12-24-11-10-16(23-24)20-18-22-21-17(25-18)13-6-2-1-3-7-13/h1-11H,12H2,(H,20,22,23). The van der Waals surface area contributed by atoms with Gasteiger partial charge in [-0.25, -0.2) is 4.39 Å². The normalized spacial score (nSPS) is 10.8. The van der Waals surface area contributed by atoms with Crippen LogP contribution in [0.15, 0.2) is 66.9 Å². The van der Waals surface area contributed by atoms with Gasteiger partial charge in [0.05, 0.1) is 6.54 Å². The summed E-state index contributed by atoms with van der Waals surface area (Å²) in [5, 5.41) is 17.4. The van der Waals surface area contributed by atoms with Crippen LogP contribution in [0.25, 0.3) is 10.6 Å². The van der Waals surface area contributed by atoms with Crippen molar-refractivity contribution < 1.29 is 4.39 Å². The van der Waals surface area contributed by atoms with Crippen LogP contribution in [0.5, 0.6) is 0 Å². The average molecular weight is 351 g/mol. The number of hydrogen-bond acceptors (Lipinski definition) is 5. The lowest BCUT2D eigenvalue weighted by Gasteiger charge is -2.03. The summed E-state index contributed by atoms with van der Waals surface area (Å²) in [5.74, 6) is 0.413. The molecule has 0 saturated heterocycles. The van der Waals surface area contributed by atoms with Crippen LogP contribution in [0.2, 0.25) is 0 Å². The van der Waals surface area contributed by atoms with Crippen LogP contribution in [-0.4, -0.2) is 20.0 Å². The smallest absolute Gasteiger partial charge is 0.211 e. The topological polar surface area (TPSA) is 55.6 Å². The van der Waals surface area contributed by atoms with Crippen molar-refractivity contribution in [2.45, 2.75) is 6.54 Å². The molecule has 0 aliphatic carbocycles. The molecule has 1 N–H and O–H groups in total. The van der Waals surface area contributed by atoms with E-state index in [9.17, 15) is 4.39 Å². The van der Waals surface area contributed by atoms with E-state index >= 15 is 0 Å². The summed E-state index contributed by atoms with van der Waals surface area (Å²) in [4.78, 5) is 0. The van der Waals surface area contributed by atoms with Crippen LogP contribution < -0.4 is 5.32 Å². The van der Waals surface area contributed by atoms with Gasteiger partial charge < -0.3 is 5.32 Å². The van der Waals surface area contributed by atoms with E-state index in [1.54, 1.807) is 23.0 Å². The zero-order chi connectivity index (χ0) is 17.1. The van der Waals surface area contributed by atoms with Gasteiger partial charge in [0.25, 0.3) is 0 Å². The highest BCUT2D eigenvalue weighted by Gasteiger charge is 2.08. The van der Waals surface area contributed by atoms with Gasteiger partial charge in [-0.05, 0) is 6.07 Å². The van der Waals surface area contributed by atoms with E-state index in [1.165, 1.54) is 17.4 Å². The van der Waals surface area contributed by atoms with Crippen LogP contribution in [-0.2, 0) is 6.54 Å². The first kappa shape index (κ1) is 15.5. The van der Waals surface area contributed by atoms with Gasteiger partial charge in [0.1, 0.15) is 10.8 Å². The Balaban J connectivity index is 1.47. The van der Waals surface area contributed by atoms with Crippen LogP contribution >= 0.6 is 11.3 Å². The van der Waals surface area contributed by atoms with E-state index in [0.717, 1.165) is 10.6 Å². The molecule has 0 atom stereocenters. The molecule has 7 heteroatoms. The Morgan fingerprint density at radius 2 is 1.76 bits per heavy atom. The third kappa shape index (κ3) is 3.56. The van der Waals surface area contributed by atoms with E-state index in [-0.39, 0.29) is 5.82 Å². The minimum absolute atomic E-state index is 0.232. The molecule has 0 bridgehead atoms. The zero-order valence-corrected chi connectivity index (χ0v) is 13.9. The Labute approximate surface area is 147 Å². The Hall–Kier alpha value is -3.06. The van der Waals surface area contributed by atoms with E-state index in [2.05, 4.69) is 20.6 Å². The van der Waals surface area contributed by atoms with Gasteiger partial charge in [-0.2, -0.15) is 5.10 Å². The van der Waals surface area contributed by atoms with Crippen molar-refractivity contribution in [3.63, 3.8) is 0 Å². The van der Waals surface area contributed by atoms with E-state index < -0.39 is 0 Å². The number of hydrogen-bond donors (Lipinski definition) is 1. The minimum Gasteiger partial charge on any atom is -0.313 e. The summed E-state index contributed by atoms with van der Waals surface area (Å²) in [6, 6.07) is 18.4. The van der Waals surface area contributed by atoms with E-state index in [0.29, 0.717) is 23.1 Å². The quantitative estimate of drug-likeness (QED) is 0.581. The lowest BCUT2D eigenvalue weighted by molar-refractivity contribution is 0.586. The van der Waals surface area contributed by atoms with Crippen LogP contribution in [0.3, 0.4) is 0 Å². The predicted molar refractivity (Wildman–Crippen MR) is 96.4 cm³/mol.